The summed E-state index contributed by atoms with van der Waals surface area (Å²) in [6, 6.07) is 21.2. The molecule has 1 fully saturated rings. The zero-order valence-electron chi connectivity index (χ0n) is 15.8. The number of benzene rings is 2. The van der Waals surface area contributed by atoms with Crippen molar-refractivity contribution in [2.75, 3.05) is 18.4 Å². The van der Waals surface area contributed by atoms with E-state index in [9.17, 15) is 13.2 Å². The minimum atomic E-state index is -3.44. The van der Waals surface area contributed by atoms with Crippen molar-refractivity contribution in [3.05, 3.63) is 72.1 Å². The van der Waals surface area contributed by atoms with E-state index in [0.717, 1.165) is 16.8 Å². The van der Waals surface area contributed by atoms with Crippen molar-refractivity contribution in [3.8, 4) is 11.1 Å². The van der Waals surface area contributed by atoms with E-state index in [0.29, 0.717) is 30.1 Å². The van der Waals surface area contributed by atoms with E-state index in [2.05, 4.69) is 5.32 Å². The van der Waals surface area contributed by atoms with Crippen LogP contribution in [0.1, 0.15) is 12.8 Å². The molecule has 2 heterocycles. The molecule has 5 nitrogen and oxygen atoms in total. The van der Waals surface area contributed by atoms with Crippen molar-refractivity contribution in [2.45, 2.75) is 17.1 Å². The van der Waals surface area contributed by atoms with Gasteiger partial charge in [-0.1, -0.05) is 48.5 Å². The highest BCUT2D eigenvalue weighted by Gasteiger charge is 2.32. The van der Waals surface area contributed by atoms with Crippen molar-refractivity contribution in [1.29, 1.82) is 0 Å². The molecule has 29 heavy (non-hydrogen) atoms. The number of rotatable bonds is 5. The molecular weight excluding hydrogens is 404 g/mol. The van der Waals surface area contributed by atoms with Gasteiger partial charge in [0.15, 0.2) is 0 Å². The summed E-state index contributed by atoms with van der Waals surface area (Å²) in [7, 11) is -3.44. The Balaban J connectivity index is 1.34. The Bertz CT molecular complexity index is 1060. The van der Waals surface area contributed by atoms with E-state index in [1.54, 1.807) is 17.5 Å². The first-order valence-electron chi connectivity index (χ1n) is 9.54. The normalized spacial score (nSPS) is 15.9. The van der Waals surface area contributed by atoms with Crippen LogP contribution in [-0.2, 0) is 14.8 Å². The van der Waals surface area contributed by atoms with Gasteiger partial charge in [-0.3, -0.25) is 4.79 Å². The molecule has 0 spiro atoms. The first-order valence-corrected chi connectivity index (χ1v) is 11.9. The minimum absolute atomic E-state index is 0.0503. The molecule has 0 bridgehead atoms. The molecule has 3 aromatic rings. The van der Waals surface area contributed by atoms with Gasteiger partial charge in [0, 0.05) is 24.7 Å². The fourth-order valence-electron chi connectivity index (χ4n) is 3.52. The third-order valence-electron chi connectivity index (χ3n) is 5.17. The molecule has 0 saturated carbocycles. The summed E-state index contributed by atoms with van der Waals surface area (Å²) in [5, 5.41) is 4.73. The molecule has 2 aromatic carbocycles. The van der Waals surface area contributed by atoms with Crippen LogP contribution in [0.2, 0.25) is 0 Å². The molecule has 0 unspecified atom stereocenters. The van der Waals surface area contributed by atoms with Gasteiger partial charge in [0.2, 0.25) is 5.91 Å². The molecule has 0 aliphatic carbocycles. The van der Waals surface area contributed by atoms with Crippen LogP contribution in [0.3, 0.4) is 0 Å². The standard InChI is InChI=1S/C22H22N2O3S2/c25-22(23-20-10-8-18(9-11-20)17-5-2-1-3-6-17)19-12-14-24(15-13-19)29(26,27)21-7-4-16-28-21/h1-11,16,19H,12-15H2,(H,23,25). The monoisotopic (exact) mass is 426 g/mol. The number of thiophene rings is 1. The molecular formula is C22H22N2O3S2. The number of carbonyl (C=O) groups is 1. The van der Waals surface area contributed by atoms with Gasteiger partial charge in [0.1, 0.15) is 4.21 Å². The summed E-state index contributed by atoms with van der Waals surface area (Å²) < 4.78 is 27.0. The Labute approximate surface area is 175 Å². The van der Waals surface area contributed by atoms with Crippen molar-refractivity contribution in [3.63, 3.8) is 0 Å². The Morgan fingerprint density at radius 2 is 1.55 bits per heavy atom. The van der Waals surface area contributed by atoms with Crippen LogP contribution in [0.4, 0.5) is 5.69 Å². The fourth-order valence-corrected chi connectivity index (χ4v) is 6.13. The van der Waals surface area contributed by atoms with Crippen molar-refractivity contribution in [1.82, 2.24) is 4.31 Å². The summed E-state index contributed by atoms with van der Waals surface area (Å²) in [5.74, 6) is -0.232. The number of nitrogens with one attached hydrogen (secondary N) is 1. The minimum Gasteiger partial charge on any atom is -0.326 e. The van der Waals surface area contributed by atoms with Crippen LogP contribution in [0.15, 0.2) is 76.3 Å². The van der Waals surface area contributed by atoms with Crippen molar-refractivity contribution >= 4 is 33.0 Å². The van der Waals surface area contributed by atoms with Crippen molar-refractivity contribution < 1.29 is 13.2 Å². The van der Waals surface area contributed by atoms with Gasteiger partial charge >= 0.3 is 0 Å². The number of amides is 1. The summed E-state index contributed by atoms with van der Waals surface area (Å²) in [5.41, 5.74) is 2.98. The number of nitrogens with zero attached hydrogens (tertiary/aromatic N) is 1. The molecule has 150 valence electrons. The maximum atomic E-state index is 12.6. The zero-order valence-corrected chi connectivity index (χ0v) is 17.5. The second kappa shape index (κ2) is 8.49. The Morgan fingerprint density at radius 3 is 2.17 bits per heavy atom. The van der Waals surface area contributed by atoms with Gasteiger partial charge in [-0.2, -0.15) is 4.31 Å². The van der Waals surface area contributed by atoms with Crippen LogP contribution in [0.25, 0.3) is 11.1 Å². The lowest BCUT2D eigenvalue weighted by Gasteiger charge is -2.30. The highest BCUT2D eigenvalue weighted by molar-refractivity contribution is 7.91. The Hall–Kier alpha value is -2.48. The van der Waals surface area contributed by atoms with E-state index < -0.39 is 10.0 Å². The van der Waals surface area contributed by atoms with Crippen LogP contribution in [-0.4, -0.2) is 31.7 Å². The van der Waals surface area contributed by atoms with Gasteiger partial charge in [-0.15, -0.1) is 11.3 Å². The first kappa shape index (κ1) is 19.8. The predicted molar refractivity (Wildman–Crippen MR) is 116 cm³/mol. The largest absolute Gasteiger partial charge is 0.326 e. The third-order valence-corrected chi connectivity index (χ3v) is 8.45. The van der Waals surface area contributed by atoms with E-state index in [-0.39, 0.29) is 11.8 Å². The number of sulfonamides is 1. The molecule has 1 aromatic heterocycles. The Kier molecular flexibility index (Phi) is 5.80. The number of piperidine rings is 1. The van der Waals surface area contributed by atoms with E-state index in [1.165, 1.54) is 15.6 Å². The predicted octanol–water partition coefficient (Wildman–Crippen LogP) is 4.45. The van der Waals surface area contributed by atoms with Gasteiger partial charge in [0.05, 0.1) is 0 Å². The highest BCUT2D eigenvalue weighted by Crippen LogP contribution is 2.27. The molecule has 1 saturated heterocycles. The van der Waals surface area contributed by atoms with E-state index in [4.69, 9.17) is 0 Å². The molecule has 0 radical (unpaired) electrons. The second-order valence-electron chi connectivity index (χ2n) is 7.04. The summed E-state index contributed by atoms with van der Waals surface area (Å²) in [6.07, 6.45) is 1.05. The second-order valence-corrected chi connectivity index (χ2v) is 10.2. The van der Waals surface area contributed by atoms with Crippen LogP contribution < -0.4 is 5.32 Å². The van der Waals surface area contributed by atoms with Gasteiger partial charge in [-0.05, 0) is 47.5 Å². The summed E-state index contributed by atoms with van der Waals surface area (Å²) in [4.78, 5) is 12.6. The quantitative estimate of drug-likeness (QED) is 0.655. The third kappa shape index (κ3) is 4.42. The smallest absolute Gasteiger partial charge is 0.252 e. The molecule has 1 N–H and O–H groups in total. The topological polar surface area (TPSA) is 66.5 Å². The lowest BCUT2D eigenvalue weighted by molar-refractivity contribution is -0.120. The van der Waals surface area contributed by atoms with Crippen LogP contribution in [0.5, 0.6) is 0 Å². The lowest BCUT2D eigenvalue weighted by atomic mass is 9.97. The van der Waals surface area contributed by atoms with Gasteiger partial charge in [0.25, 0.3) is 10.0 Å². The summed E-state index contributed by atoms with van der Waals surface area (Å²) in [6.45, 7) is 0.733. The lowest BCUT2D eigenvalue weighted by Crippen LogP contribution is -2.41. The molecule has 7 heteroatoms. The van der Waals surface area contributed by atoms with E-state index in [1.807, 2.05) is 54.6 Å². The maximum absolute atomic E-state index is 12.6. The first-order chi connectivity index (χ1) is 14.0. The number of anilines is 1. The van der Waals surface area contributed by atoms with E-state index >= 15 is 0 Å². The average Bonchev–Trinajstić information content (AvgIpc) is 3.31. The average molecular weight is 427 g/mol. The van der Waals surface area contributed by atoms with Crippen LogP contribution >= 0.6 is 11.3 Å². The highest BCUT2D eigenvalue weighted by atomic mass is 32.2. The number of hydrogen-bond donors (Lipinski definition) is 1. The fraction of sp³-hybridized carbons (Fsp3) is 0.227. The Morgan fingerprint density at radius 1 is 0.897 bits per heavy atom. The van der Waals surface area contributed by atoms with Crippen LogP contribution in [0, 0.1) is 5.92 Å². The molecule has 0 atom stereocenters. The number of hydrogen-bond acceptors (Lipinski definition) is 4. The molecule has 1 aliphatic heterocycles. The maximum Gasteiger partial charge on any atom is 0.252 e. The molecule has 1 amide bonds. The van der Waals surface area contributed by atoms with Crippen molar-refractivity contribution in [2.24, 2.45) is 5.92 Å². The number of carbonyl (C=O) groups excluding carboxylic acids is 1. The van der Waals surface area contributed by atoms with Gasteiger partial charge in [-0.25, -0.2) is 8.42 Å². The SMILES string of the molecule is O=C(Nc1ccc(-c2ccccc2)cc1)C1CCN(S(=O)(=O)c2cccs2)CC1. The van der Waals surface area contributed by atoms with Gasteiger partial charge < -0.3 is 5.32 Å². The zero-order chi connectivity index (χ0) is 20.3. The molecule has 1 aliphatic rings. The summed E-state index contributed by atoms with van der Waals surface area (Å²) >= 11 is 1.22. The molecule has 4 rings (SSSR count).